The molecule has 0 saturated carbocycles. The van der Waals surface area contributed by atoms with Crippen LogP contribution in [-0.4, -0.2) is 34.3 Å². The zero-order valence-electron chi connectivity index (χ0n) is 19.7. The van der Waals surface area contributed by atoms with Crippen LogP contribution in [-0.2, 0) is 10.2 Å². The third-order valence-electron chi connectivity index (χ3n) is 6.65. The fourth-order valence-corrected chi connectivity index (χ4v) is 4.68. The van der Waals surface area contributed by atoms with Gasteiger partial charge in [0.15, 0.2) is 0 Å². The average Bonchev–Trinajstić information content (AvgIpc) is 3.35. The number of nitrogens with two attached hydrogens (primary N) is 1. The van der Waals surface area contributed by atoms with E-state index in [0.717, 1.165) is 18.4 Å². The number of likely N-dealkylation sites (tertiary alicyclic amines) is 1. The summed E-state index contributed by atoms with van der Waals surface area (Å²) in [6.45, 7) is 4.23. The Hall–Kier alpha value is -3.29. The summed E-state index contributed by atoms with van der Waals surface area (Å²) in [7, 11) is 0. The number of aromatic nitrogens is 1. The molecule has 0 spiro atoms. The number of carbonyl (C=O) groups excluding carboxylic acids is 2. The van der Waals surface area contributed by atoms with E-state index in [1.165, 1.54) is 12.1 Å². The molecular formula is C27H28ClFN4O2. The molecule has 0 aliphatic carbocycles. The topological polar surface area (TPSA) is 88.3 Å². The largest absolute Gasteiger partial charge is 0.337 e. The molecule has 1 aromatic heterocycles. The van der Waals surface area contributed by atoms with Gasteiger partial charge in [-0.15, -0.1) is 0 Å². The first-order valence-electron chi connectivity index (χ1n) is 11.5. The number of benzene rings is 2. The Kier molecular flexibility index (Phi) is 7.19. The molecule has 1 fully saturated rings. The minimum atomic E-state index is -0.894. The van der Waals surface area contributed by atoms with E-state index in [0.29, 0.717) is 23.4 Å². The van der Waals surface area contributed by atoms with Crippen LogP contribution in [0.2, 0.25) is 5.02 Å². The van der Waals surface area contributed by atoms with Crippen molar-refractivity contribution in [2.75, 3.05) is 11.9 Å². The zero-order chi connectivity index (χ0) is 25.2. The molecule has 35 heavy (non-hydrogen) atoms. The summed E-state index contributed by atoms with van der Waals surface area (Å²) in [5.74, 6) is -0.821. The summed E-state index contributed by atoms with van der Waals surface area (Å²) in [6.07, 6.45) is 4.84. The molecule has 1 aliphatic heterocycles. The Balaban J connectivity index is 1.48. The van der Waals surface area contributed by atoms with Gasteiger partial charge in [0, 0.05) is 30.2 Å². The number of pyridine rings is 1. The molecule has 1 aliphatic rings. The highest BCUT2D eigenvalue weighted by atomic mass is 35.5. The fourth-order valence-electron chi connectivity index (χ4n) is 4.50. The van der Waals surface area contributed by atoms with Gasteiger partial charge in [0.25, 0.3) is 5.91 Å². The van der Waals surface area contributed by atoms with Crippen molar-refractivity contribution in [2.24, 2.45) is 5.73 Å². The van der Waals surface area contributed by atoms with Crippen LogP contribution in [0.5, 0.6) is 0 Å². The molecule has 6 nitrogen and oxygen atoms in total. The van der Waals surface area contributed by atoms with E-state index in [1.54, 1.807) is 42.7 Å². The summed E-state index contributed by atoms with van der Waals surface area (Å²) in [5, 5.41) is 2.82. The van der Waals surface area contributed by atoms with Crippen LogP contribution >= 0.6 is 11.6 Å². The molecule has 2 aromatic carbocycles. The molecule has 2 unspecified atom stereocenters. The van der Waals surface area contributed by atoms with Crippen molar-refractivity contribution in [3.63, 3.8) is 0 Å². The van der Waals surface area contributed by atoms with Gasteiger partial charge in [0.05, 0.1) is 22.5 Å². The first kappa shape index (κ1) is 24.8. The van der Waals surface area contributed by atoms with Crippen LogP contribution in [0.4, 0.5) is 10.1 Å². The van der Waals surface area contributed by atoms with Crippen molar-refractivity contribution in [1.29, 1.82) is 0 Å². The van der Waals surface area contributed by atoms with Crippen molar-refractivity contribution < 1.29 is 14.0 Å². The SMILES string of the molecule is CC(C)(C(=O)N1CCCC1C(N)c1ccc(C(=O)Nc2ccncc2)cc1)c1ccc(F)c(Cl)c1. The number of rotatable bonds is 6. The lowest BCUT2D eigenvalue weighted by molar-refractivity contribution is -0.137. The van der Waals surface area contributed by atoms with Crippen molar-refractivity contribution >= 4 is 29.1 Å². The molecule has 2 amide bonds. The maximum atomic E-state index is 13.7. The molecule has 182 valence electrons. The van der Waals surface area contributed by atoms with Crippen molar-refractivity contribution in [2.45, 2.75) is 44.2 Å². The Morgan fingerprint density at radius 2 is 1.83 bits per heavy atom. The zero-order valence-corrected chi connectivity index (χ0v) is 20.4. The number of nitrogens with one attached hydrogen (secondary N) is 1. The van der Waals surface area contributed by atoms with E-state index < -0.39 is 17.3 Å². The van der Waals surface area contributed by atoms with E-state index in [-0.39, 0.29) is 22.9 Å². The Labute approximate surface area is 209 Å². The molecule has 2 atom stereocenters. The van der Waals surface area contributed by atoms with Crippen molar-refractivity contribution in [3.8, 4) is 0 Å². The maximum Gasteiger partial charge on any atom is 0.255 e. The fraction of sp³-hybridized carbons (Fsp3) is 0.296. The Morgan fingerprint density at radius 3 is 2.49 bits per heavy atom. The van der Waals surface area contributed by atoms with Crippen LogP contribution in [0, 0.1) is 5.82 Å². The van der Waals surface area contributed by atoms with Crippen molar-refractivity contribution in [1.82, 2.24) is 9.88 Å². The van der Waals surface area contributed by atoms with Crippen LogP contribution in [0.25, 0.3) is 0 Å². The summed E-state index contributed by atoms with van der Waals surface area (Å²) in [5.41, 5.74) is 8.40. The van der Waals surface area contributed by atoms with E-state index >= 15 is 0 Å². The number of amides is 2. The number of carbonyl (C=O) groups is 2. The predicted molar refractivity (Wildman–Crippen MR) is 135 cm³/mol. The van der Waals surface area contributed by atoms with Crippen LogP contribution < -0.4 is 11.1 Å². The lowest BCUT2D eigenvalue weighted by atomic mass is 9.82. The number of hydrogen-bond donors (Lipinski definition) is 2. The normalized spacial score (nSPS) is 16.7. The van der Waals surface area contributed by atoms with Crippen molar-refractivity contribution in [3.05, 3.63) is 94.5 Å². The maximum absolute atomic E-state index is 13.7. The van der Waals surface area contributed by atoms with Gasteiger partial charge in [-0.3, -0.25) is 14.6 Å². The Bertz CT molecular complexity index is 1220. The van der Waals surface area contributed by atoms with Gasteiger partial charge in [-0.25, -0.2) is 4.39 Å². The summed E-state index contributed by atoms with van der Waals surface area (Å²) < 4.78 is 13.7. The van der Waals surface area contributed by atoms with E-state index in [1.807, 2.05) is 30.9 Å². The number of halogens is 2. The first-order valence-corrected chi connectivity index (χ1v) is 11.9. The Morgan fingerprint density at radius 1 is 1.14 bits per heavy atom. The molecule has 2 heterocycles. The third-order valence-corrected chi connectivity index (χ3v) is 6.94. The molecule has 3 N–H and O–H groups in total. The first-order chi connectivity index (χ1) is 16.7. The standard InChI is InChI=1S/C27H28ClFN4O2/c1-27(2,19-9-10-22(29)21(28)16-19)26(35)33-15-3-4-23(33)24(30)17-5-7-18(8-6-17)25(34)32-20-11-13-31-14-12-20/h5-14,16,23-24H,3-4,15,30H2,1-2H3,(H,31,32,34). The lowest BCUT2D eigenvalue weighted by Gasteiger charge is -2.36. The summed E-state index contributed by atoms with van der Waals surface area (Å²) in [6, 6.07) is 14.4. The van der Waals surface area contributed by atoms with Gasteiger partial charge in [-0.2, -0.15) is 0 Å². The third kappa shape index (κ3) is 5.21. The minimum absolute atomic E-state index is 0.00824. The second kappa shape index (κ2) is 10.1. The summed E-state index contributed by atoms with van der Waals surface area (Å²) >= 11 is 5.97. The summed E-state index contributed by atoms with van der Waals surface area (Å²) in [4.78, 5) is 31.9. The monoisotopic (exact) mass is 494 g/mol. The molecule has 0 radical (unpaired) electrons. The minimum Gasteiger partial charge on any atom is -0.337 e. The van der Waals surface area contributed by atoms with Gasteiger partial charge in [0.2, 0.25) is 5.91 Å². The number of anilines is 1. The van der Waals surface area contributed by atoms with E-state index in [4.69, 9.17) is 17.3 Å². The lowest BCUT2D eigenvalue weighted by Crippen LogP contribution is -2.49. The van der Waals surface area contributed by atoms with Crippen LogP contribution in [0.1, 0.15) is 54.2 Å². The highest BCUT2D eigenvalue weighted by Gasteiger charge is 2.41. The number of nitrogens with zero attached hydrogens (tertiary/aromatic N) is 2. The van der Waals surface area contributed by atoms with Gasteiger partial charge in [-0.05, 0) is 74.2 Å². The van der Waals surface area contributed by atoms with Gasteiger partial charge in [0.1, 0.15) is 5.82 Å². The molecule has 0 bridgehead atoms. The smallest absolute Gasteiger partial charge is 0.255 e. The molecule has 1 saturated heterocycles. The van der Waals surface area contributed by atoms with Gasteiger partial charge >= 0.3 is 0 Å². The number of hydrogen-bond acceptors (Lipinski definition) is 4. The van der Waals surface area contributed by atoms with Gasteiger partial charge in [-0.1, -0.05) is 29.8 Å². The van der Waals surface area contributed by atoms with Crippen LogP contribution in [0.3, 0.4) is 0 Å². The van der Waals surface area contributed by atoms with E-state index in [9.17, 15) is 14.0 Å². The quantitative estimate of drug-likeness (QED) is 0.499. The molecule has 4 rings (SSSR count). The molecule has 3 aromatic rings. The molecular weight excluding hydrogens is 467 g/mol. The van der Waals surface area contributed by atoms with Crippen LogP contribution in [0.15, 0.2) is 67.0 Å². The second-order valence-electron chi connectivity index (χ2n) is 9.30. The molecule has 8 heteroatoms. The van der Waals surface area contributed by atoms with Gasteiger partial charge < -0.3 is 16.0 Å². The van der Waals surface area contributed by atoms with E-state index in [2.05, 4.69) is 10.3 Å². The average molecular weight is 495 g/mol. The predicted octanol–water partition coefficient (Wildman–Crippen LogP) is 5.10. The highest BCUT2D eigenvalue weighted by Crippen LogP contribution is 2.35. The second-order valence-corrected chi connectivity index (χ2v) is 9.71. The highest BCUT2D eigenvalue weighted by molar-refractivity contribution is 6.30.